The summed E-state index contributed by atoms with van der Waals surface area (Å²) in [6.45, 7) is 0. The van der Waals surface area contributed by atoms with E-state index in [1.54, 1.807) is 0 Å². The van der Waals surface area contributed by atoms with Crippen LogP contribution in [0.25, 0.3) is 0 Å². The molecule has 0 aliphatic rings. The third-order valence-corrected chi connectivity index (χ3v) is 0.143. The van der Waals surface area contributed by atoms with Crippen molar-refractivity contribution in [1.29, 1.82) is 0 Å². The number of hydrogen-bond acceptors (Lipinski definition) is 0. The first-order chi connectivity index (χ1) is 2.64. The summed E-state index contributed by atoms with van der Waals surface area (Å²) in [5, 5.41) is 0. The summed E-state index contributed by atoms with van der Waals surface area (Å²) in [6, 6.07) is 0. The minimum Gasteiger partial charge on any atom is -2.00 e. The van der Waals surface area contributed by atoms with Crippen molar-refractivity contribution in [2.75, 3.05) is 0 Å². The maximum Gasteiger partial charge on any atom is 4.00 e. The van der Waals surface area contributed by atoms with E-state index in [4.69, 9.17) is 0 Å². The zero-order valence-corrected chi connectivity index (χ0v) is 5.39. The Morgan fingerprint density at radius 1 is 0.667 bits per heavy atom. The maximum absolute atomic E-state index is 10.3. The summed E-state index contributed by atoms with van der Waals surface area (Å²) in [6.07, 6.45) is -5.81. The van der Waals surface area contributed by atoms with E-state index in [-0.39, 0.29) is 32.7 Å². The van der Waals surface area contributed by atoms with E-state index < -0.39 is 12.2 Å². The van der Waals surface area contributed by atoms with Crippen molar-refractivity contribution in [2.45, 2.75) is 0 Å². The molecule has 0 aromatic rings. The molecule has 2 nitrogen and oxygen atoms in total. The molecule has 0 bridgehead atoms. The van der Waals surface area contributed by atoms with Gasteiger partial charge in [0.2, 0.25) is 0 Å². The molecule has 0 radical (unpaired) electrons. The Morgan fingerprint density at radius 2 is 0.778 bits per heavy atom. The van der Waals surface area contributed by atoms with Crippen molar-refractivity contribution in [3.8, 4) is 0 Å². The largest absolute Gasteiger partial charge is 4.00 e. The summed E-state index contributed by atoms with van der Waals surface area (Å²) < 4.78 is 41.1. The number of halogens is 4. The van der Waals surface area contributed by atoms with Gasteiger partial charge in [-0.15, -0.1) is 0 Å². The van der Waals surface area contributed by atoms with E-state index >= 15 is 0 Å². The summed E-state index contributed by atoms with van der Waals surface area (Å²) in [5.74, 6) is 0. The Bertz CT molecular complexity index is 66.6. The monoisotopic (exact) mass is 180 g/mol. The molecular weight excluding hydrogens is 180 g/mol. The molecule has 0 N–H and O–H groups in total. The van der Waals surface area contributed by atoms with Crippen LogP contribution < -0.4 is 0 Å². The van der Waals surface area contributed by atoms with Crippen molar-refractivity contribution in [3.63, 3.8) is 0 Å². The van der Waals surface area contributed by atoms with Gasteiger partial charge in [-0.2, -0.15) is 17.6 Å². The fourth-order valence-electron chi connectivity index (χ4n) is 0. The normalized spacial score (nSPS) is 5.33. The first-order valence-electron chi connectivity index (χ1n) is 1.01. The quantitative estimate of drug-likeness (QED) is 0.402. The molecule has 0 aliphatic carbocycles. The van der Waals surface area contributed by atoms with Gasteiger partial charge >= 0.3 is 33.9 Å². The molecule has 7 heteroatoms. The standard InChI is InChI=1S/C2F4.2O.Ti/c3-1(4)2(5)6;;;/q;2*-2;+4. The molecule has 9 heavy (non-hydrogen) atoms. The van der Waals surface area contributed by atoms with Gasteiger partial charge in [-0.25, -0.2) is 0 Å². The van der Waals surface area contributed by atoms with Crippen molar-refractivity contribution in [2.24, 2.45) is 0 Å². The molecule has 0 atom stereocenters. The Balaban J connectivity index is -0.0000000417. The van der Waals surface area contributed by atoms with Crippen LogP contribution in [0.5, 0.6) is 0 Å². The number of hydrogen-bond donors (Lipinski definition) is 0. The van der Waals surface area contributed by atoms with Gasteiger partial charge in [0.25, 0.3) is 0 Å². The molecule has 0 amide bonds. The average molecular weight is 180 g/mol. The summed E-state index contributed by atoms with van der Waals surface area (Å²) in [7, 11) is 0. The molecule has 0 fully saturated rings. The predicted octanol–water partition coefficient (Wildman–Crippen LogP) is 1.75. The van der Waals surface area contributed by atoms with E-state index in [2.05, 4.69) is 0 Å². The van der Waals surface area contributed by atoms with Gasteiger partial charge in [-0.1, -0.05) is 0 Å². The van der Waals surface area contributed by atoms with Gasteiger partial charge in [0, 0.05) is 0 Å². The maximum atomic E-state index is 10.3. The van der Waals surface area contributed by atoms with Crippen LogP contribution in [0.3, 0.4) is 0 Å². The smallest absolute Gasteiger partial charge is 2.00 e. The second-order valence-corrected chi connectivity index (χ2v) is 0.521. The third kappa shape index (κ3) is 17.9. The van der Waals surface area contributed by atoms with E-state index in [9.17, 15) is 17.6 Å². The zero-order chi connectivity index (χ0) is 5.15. The molecule has 0 saturated heterocycles. The Kier molecular flexibility index (Phi) is 28.0. The molecule has 0 aliphatic heterocycles. The molecule has 0 aromatic carbocycles. The molecule has 0 aromatic heterocycles. The van der Waals surface area contributed by atoms with Crippen LogP contribution in [0.15, 0.2) is 12.2 Å². The van der Waals surface area contributed by atoms with Crippen molar-refractivity contribution < 1.29 is 50.2 Å². The Labute approximate surface area is 63.0 Å². The van der Waals surface area contributed by atoms with Crippen molar-refractivity contribution >= 4 is 0 Å². The fraction of sp³-hybridized carbons (Fsp3) is 0. The fourth-order valence-corrected chi connectivity index (χ4v) is 0. The Hall–Kier alpha value is 0.0943. The Morgan fingerprint density at radius 3 is 0.778 bits per heavy atom. The van der Waals surface area contributed by atoms with E-state index in [0.717, 1.165) is 0 Å². The third-order valence-electron chi connectivity index (χ3n) is 0.143. The first-order valence-corrected chi connectivity index (χ1v) is 1.01. The van der Waals surface area contributed by atoms with Crippen LogP contribution in [0.1, 0.15) is 0 Å². The van der Waals surface area contributed by atoms with Gasteiger partial charge in [0.15, 0.2) is 0 Å². The summed E-state index contributed by atoms with van der Waals surface area (Å²) >= 11 is 0. The first kappa shape index (κ1) is 23.0. The predicted molar refractivity (Wildman–Crippen MR) is 12.8 cm³/mol. The second-order valence-electron chi connectivity index (χ2n) is 0.521. The van der Waals surface area contributed by atoms with Gasteiger partial charge in [0.05, 0.1) is 0 Å². The van der Waals surface area contributed by atoms with Crippen LogP contribution >= 0.6 is 0 Å². The van der Waals surface area contributed by atoms with Gasteiger partial charge in [0.1, 0.15) is 0 Å². The average Bonchev–Trinajstić information content (AvgIpc) is 1.36. The minimum atomic E-state index is -2.91. The van der Waals surface area contributed by atoms with E-state index in [0.29, 0.717) is 0 Å². The van der Waals surface area contributed by atoms with Crippen LogP contribution in [-0.4, -0.2) is 0 Å². The van der Waals surface area contributed by atoms with Crippen LogP contribution in [0, 0.1) is 0 Å². The van der Waals surface area contributed by atoms with Gasteiger partial charge in [-0.05, 0) is 0 Å². The molecule has 0 saturated carbocycles. The van der Waals surface area contributed by atoms with Crippen molar-refractivity contribution in [1.82, 2.24) is 0 Å². The molecule has 0 unspecified atom stereocenters. The van der Waals surface area contributed by atoms with Crippen molar-refractivity contribution in [3.05, 3.63) is 12.2 Å². The molecule has 0 rings (SSSR count). The van der Waals surface area contributed by atoms with Crippen LogP contribution in [0.2, 0.25) is 0 Å². The molecular formula is C2F4O2Ti. The molecule has 52 valence electrons. The van der Waals surface area contributed by atoms with Crippen LogP contribution in [0.4, 0.5) is 17.6 Å². The molecule has 0 heterocycles. The SMILES string of the molecule is FC(F)=C(F)F.[O-2].[O-2].[Ti+4]. The second kappa shape index (κ2) is 11.0. The number of rotatable bonds is 0. The summed E-state index contributed by atoms with van der Waals surface area (Å²) in [5.41, 5.74) is 0. The topological polar surface area (TPSA) is 57.0 Å². The minimum absolute atomic E-state index is 0. The summed E-state index contributed by atoms with van der Waals surface area (Å²) in [4.78, 5) is 0. The van der Waals surface area contributed by atoms with Gasteiger partial charge < -0.3 is 11.0 Å². The van der Waals surface area contributed by atoms with E-state index in [1.165, 1.54) is 0 Å². The van der Waals surface area contributed by atoms with E-state index in [1.807, 2.05) is 0 Å². The molecule has 0 spiro atoms. The van der Waals surface area contributed by atoms with Crippen LogP contribution in [-0.2, 0) is 32.7 Å². The van der Waals surface area contributed by atoms with Gasteiger partial charge in [-0.3, -0.25) is 0 Å². The zero-order valence-electron chi connectivity index (χ0n) is 3.83.